The van der Waals surface area contributed by atoms with Gasteiger partial charge in [0.25, 0.3) is 0 Å². The quantitative estimate of drug-likeness (QED) is 0.746. The Morgan fingerprint density at radius 2 is 2.04 bits per heavy atom. The summed E-state index contributed by atoms with van der Waals surface area (Å²) in [5.41, 5.74) is 7.64. The van der Waals surface area contributed by atoms with Crippen molar-refractivity contribution in [2.75, 3.05) is 17.7 Å². The van der Waals surface area contributed by atoms with E-state index in [0.29, 0.717) is 12.6 Å². The van der Waals surface area contributed by atoms with E-state index < -0.39 is 0 Å². The highest BCUT2D eigenvalue weighted by Crippen LogP contribution is 2.30. The number of hydrogen-bond acceptors (Lipinski definition) is 7. The number of hydrogen-bond donors (Lipinski definition) is 2. The van der Waals surface area contributed by atoms with Crippen molar-refractivity contribution in [3.63, 3.8) is 0 Å². The molecule has 0 aliphatic heterocycles. The zero-order valence-electron chi connectivity index (χ0n) is 13.3. The molecule has 1 aromatic carbocycles. The molecule has 23 heavy (non-hydrogen) atoms. The summed E-state index contributed by atoms with van der Waals surface area (Å²) in [6, 6.07) is 8.02. The van der Waals surface area contributed by atoms with Gasteiger partial charge in [0.15, 0.2) is 0 Å². The maximum Gasteiger partial charge on any atom is 0.323 e. The van der Waals surface area contributed by atoms with E-state index in [2.05, 4.69) is 20.3 Å². The van der Waals surface area contributed by atoms with Crippen molar-refractivity contribution in [3.8, 4) is 6.01 Å². The van der Waals surface area contributed by atoms with E-state index in [1.54, 1.807) is 0 Å². The normalized spacial score (nSPS) is 12.3. The van der Waals surface area contributed by atoms with Crippen molar-refractivity contribution >= 4 is 22.9 Å². The maximum atomic E-state index is 5.94. The lowest BCUT2D eigenvalue weighted by Crippen LogP contribution is -2.12. The summed E-state index contributed by atoms with van der Waals surface area (Å²) in [7, 11) is 0. The van der Waals surface area contributed by atoms with E-state index in [1.165, 1.54) is 0 Å². The second-order valence-corrected chi connectivity index (χ2v) is 5.19. The zero-order valence-corrected chi connectivity index (χ0v) is 13.3. The number of aromatic nitrogens is 3. The smallest absolute Gasteiger partial charge is 0.323 e. The summed E-state index contributed by atoms with van der Waals surface area (Å²) in [5, 5.41) is 4.28. The Labute approximate surface area is 133 Å². The monoisotopic (exact) mass is 313 g/mol. The fourth-order valence-corrected chi connectivity index (χ4v) is 2.50. The van der Waals surface area contributed by atoms with Crippen LogP contribution < -0.4 is 15.8 Å². The number of nitrogens with one attached hydrogen (secondary N) is 1. The topological polar surface area (TPSA) is 99.1 Å². The van der Waals surface area contributed by atoms with Crippen LogP contribution >= 0.6 is 0 Å². The molecule has 0 aliphatic carbocycles. The Balaban J connectivity index is 1.88. The van der Waals surface area contributed by atoms with E-state index in [9.17, 15) is 0 Å². The predicted octanol–water partition coefficient (Wildman–Crippen LogP) is 3.08. The highest BCUT2D eigenvalue weighted by Gasteiger charge is 2.18. The van der Waals surface area contributed by atoms with Crippen LogP contribution in [-0.4, -0.2) is 21.6 Å². The summed E-state index contributed by atoms with van der Waals surface area (Å²) >= 11 is 0. The van der Waals surface area contributed by atoms with E-state index in [0.717, 1.165) is 22.3 Å². The standard InChI is InChI=1S/C16H19N5O2/c1-4-22-16-20-14(17)19-15(21-16)18-10(3)13-9(2)11-7-5-6-8-12(11)23-13/h5-8,10H,4H2,1-3H3,(H3,17,18,19,20,21). The molecule has 0 saturated heterocycles. The fourth-order valence-electron chi connectivity index (χ4n) is 2.50. The first kappa shape index (κ1) is 15.1. The molecule has 1 unspecified atom stereocenters. The largest absolute Gasteiger partial charge is 0.464 e. The van der Waals surface area contributed by atoms with Crippen LogP contribution in [0.3, 0.4) is 0 Å². The number of furan rings is 1. The van der Waals surface area contributed by atoms with Gasteiger partial charge in [0.2, 0.25) is 11.9 Å². The molecule has 3 aromatic rings. The number of ether oxygens (including phenoxy) is 1. The van der Waals surface area contributed by atoms with Crippen molar-refractivity contribution in [2.24, 2.45) is 0 Å². The molecular weight excluding hydrogens is 294 g/mol. The van der Waals surface area contributed by atoms with Gasteiger partial charge in [-0.2, -0.15) is 15.0 Å². The molecule has 0 bridgehead atoms. The van der Waals surface area contributed by atoms with E-state index in [4.69, 9.17) is 14.9 Å². The molecule has 0 amide bonds. The molecule has 120 valence electrons. The number of rotatable bonds is 5. The lowest BCUT2D eigenvalue weighted by molar-refractivity contribution is 0.312. The van der Waals surface area contributed by atoms with Crippen LogP contribution in [0.25, 0.3) is 11.0 Å². The van der Waals surface area contributed by atoms with Crippen molar-refractivity contribution in [2.45, 2.75) is 26.8 Å². The zero-order chi connectivity index (χ0) is 16.4. The number of fused-ring (bicyclic) bond motifs is 1. The third kappa shape index (κ3) is 3.03. The maximum absolute atomic E-state index is 5.94. The minimum absolute atomic E-state index is 0.111. The number of nitrogens with two attached hydrogens (primary N) is 1. The average Bonchev–Trinajstić information content (AvgIpc) is 2.85. The lowest BCUT2D eigenvalue weighted by atomic mass is 10.1. The number of aryl methyl sites for hydroxylation is 1. The van der Waals surface area contributed by atoms with Crippen LogP contribution in [0.1, 0.15) is 31.2 Å². The Hall–Kier alpha value is -2.83. The molecule has 0 spiro atoms. The SMILES string of the molecule is CCOc1nc(N)nc(NC(C)c2oc3ccccc3c2C)n1. The number of nitrogen functional groups attached to an aromatic ring is 1. The molecule has 2 heterocycles. The van der Waals surface area contributed by atoms with Gasteiger partial charge in [0, 0.05) is 10.9 Å². The lowest BCUT2D eigenvalue weighted by Gasteiger charge is -2.13. The molecule has 3 rings (SSSR count). The summed E-state index contributed by atoms with van der Waals surface area (Å²) in [5.74, 6) is 1.30. The van der Waals surface area contributed by atoms with Gasteiger partial charge in [0.1, 0.15) is 11.3 Å². The second-order valence-electron chi connectivity index (χ2n) is 5.19. The van der Waals surface area contributed by atoms with Crippen molar-refractivity contribution in [1.29, 1.82) is 0 Å². The van der Waals surface area contributed by atoms with Crippen LogP contribution in [-0.2, 0) is 0 Å². The molecule has 0 radical (unpaired) electrons. The van der Waals surface area contributed by atoms with Crippen LogP contribution in [0, 0.1) is 6.92 Å². The molecule has 2 aromatic heterocycles. The number of nitrogens with zero attached hydrogens (tertiary/aromatic N) is 3. The average molecular weight is 313 g/mol. The van der Waals surface area contributed by atoms with Crippen LogP contribution in [0.15, 0.2) is 28.7 Å². The third-order valence-corrected chi connectivity index (χ3v) is 3.53. The van der Waals surface area contributed by atoms with Crippen LogP contribution in [0.5, 0.6) is 6.01 Å². The Kier molecular flexibility index (Phi) is 4.01. The van der Waals surface area contributed by atoms with Gasteiger partial charge in [0.05, 0.1) is 12.6 Å². The Bertz CT molecular complexity index is 830. The third-order valence-electron chi connectivity index (χ3n) is 3.53. The number of benzene rings is 1. The van der Waals surface area contributed by atoms with Crippen molar-refractivity contribution < 1.29 is 9.15 Å². The van der Waals surface area contributed by atoms with Crippen molar-refractivity contribution in [3.05, 3.63) is 35.6 Å². The van der Waals surface area contributed by atoms with Gasteiger partial charge in [-0.1, -0.05) is 18.2 Å². The Morgan fingerprint density at radius 3 is 2.78 bits per heavy atom. The van der Waals surface area contributed by atoms with E-state index in [1.807, 2.05) is 45.0 Å². The van der Waals surface area contributed by atoms with Gasteiger partial charge >= 0.3 is 6.01 Å². The van der Waals surface area contributed by atoms with Crippen LogP contribution in [0.2, 0.25) is 0 Å². The summed E-state index contributed by atoms with van der Waals surface area (Å²) < 4.78 is 11.2. The molecule has 7 heteroatoms. The highest BCUT2D eigenvalue weighted by molar-refractivity contribution is 5.82. The number of para-hydroxylation sites is 1. The van der Waals surface area contributed by atoms with Gasteiger partial charge in [-0.25, -0.2) is 0 Å². The first-order valence-corrected chi connectivity index (χ1v) is 7.47. The first-order chi connectivity index (χ1) is 11.1. The van der Waals surface area contributed by atoms with E-state index >= 15 is 0 Å². The van der Waals surface area contributed by atoms with Gasteiger partial charge in [-0.3, -0.25) is 0 Å². The molecular formula is C16H19N5O2. The van der Waals surface area contributed by atoms with Gasteiger partial charge in [-0.15, -0.1) is 0 Å². The molecule has 0 fully saturated rings. The van der Waals surface area contributed by atoms with Crippen LogP contribution in [0.4, 0.5) is 11.9 Å². The minimum Gasteiger partial charge on any atom is -0.464 e. The molecule has 0 aliphatic rings. The predicted molar refractivity (Wildman–Crippen MR) is 88.4 cm³/mol. The minimum atomic E-state index is -0.126. The first-order valence-electron chi connectivity index (χ1n) is 7.47. The summed E-state index contributed by atoms with van der Waals surface area (Å²) in [6.45, 7) is 6.33. The highest BCUT2D eigenvalue weighted by atomic mass is 16.5. The van der Waals surface area contributed by atoms with Gasteiger partial charge in [-0.05, 0) is 26.8 Å². The van der Waals surface area contributed by atoms with Crippen molar-refractivity contribution in [1.82, 2.24) is 15.0 Å². The Morgan fingerprint density at radius 1 is 1.26 bits per heavy atom. The second kappa shape index (κ2) is 6.12. The summed E-state index contributed by atoms with van der Waals surface area (Å²) in [4.78, 5) is 12.2. The molecule has 0 saturated carbocycles. The molecule has 1 atom stereocenters. The molecule has 7 nitrogen and oxygen atoms in total. The molecule has 3 N–H and O–H groups in total. The van der Waals surface area contributed by atoms with E-state index in [-0.39, 0.29) is 18.0 Å². The van der Waals surface area contributed by atoms with Gasteiger partial charge < -0.3 is 20.2 Å². The fraction of sp³-hybridized carbons (Fsp3) is 0.312. The summed E-state index contributed by atoms with van der Waals surface area (Å²) in [6.07, 6.45) is 0. The number of anilines is 2.